The van der Waals surface area contributed by atoms with Crippen LogP contribution in [0, 0.1) is 0 Å². The van der Waals surface area contributed by atoms with E-state index in [1.54, 1.807) is 0 Å². The third-order valence-electron chi connectivity index (χ3n) is 3.60. The molecule has 0 saturated heterocycles. The average molecular weight is 246 g/mol. The van der Waals surface area contributed by atoms with Crippen molar-refractivity contribution >= 4 is 11.6 Å². The Kier molecular flexibility index (Phi) is 5.26. The van der Waals surface area contributed by atoms with Gasteiger partial charge in [0.05, 0.1) is 0 Å². The summed E-state index contributed by atoms with van der Waals surface area (Å²) in [6.45, 7) is 7.63. The van der Waals surface area contributed by atoms with E-state index in [9.17, 15) is 9.59 Å². The fourth-order valence-electron chi connectivity index (χ4n) is 2.06. The van der Waals surface area contributed by atoms with Gasteiger partial charge in [0, 0.05) is 24.7 Å². The number of hydrogen-bond donors (Lipinski definition) is 0. The maximum Gasteiger partial charge on any atom is 0.139 e. The summed E-state index contributed by atoms with van der Waals surface area (Å²) in [5.41, 5.74) is 2.06. The lowest BCUT2D eigenvalue weighted by Crippen LogP contribution is -2.09. The molecule has 1 aromatic rings. The first-order valence-electron chi connectivity index (χ1n) is 6.66. The summed E-state index contributed by atoms with van der Waals surface area (Å²) in [4.78, 5) is 23.3. The Hall–Kier alpha value is -1.44. The fraction of sp³-hybridized carbons (Fsp3) is 0.500. The summed E-state index contributed by atoms with van der Waals surface area (Å²) in [7, 11) is 0. The fourth-order valence-corrected chi connectivity index (χ4v) is 2.06. The number of rotatable bonds is 6. The minimum Gasteiger partial charge on any atom is -0.299 e. The van der Waals surface area contributed by atoms with Crippen molar-refractivity contribution in [2.75, 3.05) is 0 Å². The van der Waals surface area contributed by atoms with E-state index in [0.29, 0.717) is 12.8 Å². The highest BCUT2D eigenvalue weighted by molar-refractivity contribution is 5.86. The van der Waals surface area contributed by atoms with E-state index in [-0.39, 0.29) is 23.4 Å². The molecule has 0 spiro atoms. The molecule has 0 aliphatic carbocycles. The SMILES string of the molecule is CCC(=O)C(C)c1ccc(C(C)C(=O)CC)cc1. The summed E-state index contributed by atoms with van der Waals surface area (Å²) in [5, 5.41) is 0. The molecule has 0 radical (unpaired) electrons. The first-order chi connectivity index (χ1) is 8.51. The van der Waals surface area contributed by atoms with E-state index in [1.165, 1.54) is 0 Å². The molecule has 0 N–H and O–H groups in total. The van der Waals surface area contributed by atoms with Crippen LogP contribution in [0.5, 0.6) is 0 Å². The molecule has 98 valence electrons. The van der Waals surface area contributed by atoms with Crippen molar-refractivity contribution in [2.24, 2.45) is 0 Å². The zero-order chi connectivity index (χ0) is 13.7. The number of carbonyl (C=O) groups is 2. The van der Waals surface area contributed by atoms with Crippen molar-refractivity contribution in [3.63, 3.8) is 0 Å². The summed E-state index contributed by atoms with van der Waals surface area (Å²) >= 11 is 0. The molecular formula is C16H22O2. The molecule has 0 saturated carbocycles. The van der Waals surface area contributed by atoms with Gasteiger partial charge in [-0.15, -0.1) is 0 Å². The van der Waals surface area contributed by atoms with E-state index in [1.807, 2.05) is 52.0 Å². The van der Waals surface area contributed by atoms with Gasteiger partial charge in [0.1, 0.15) is 11.6 Å². The molecule has 1 aromatic carbocycles. The van der Waals surface area contributed by atoms with Crippen molar-refractivity contribution in [1.29, 1.82) is 0 Å². The average Bonchev–Trinajstić information content (AvgIpc) is 2.44. The van der Waals surface area contributed by atoms with Gasteiger partial charge in [0.2, 0.25) is 0 Å². The van der Waals surface area contributed by atoms with Crippen LogP contribution in [0.4, 0.5) is 0 Å². The lowest BCUT2D eigenvalue weighted by atomic mass is 9.90. The van der Waals surface area contributed by atoms with Crippen LogP contribution in [0.1, 0.15) is 63.5 Å². The van der Waals surface area contributed by atoms with E-state index >= 15 is 0 Å². The van der Waals surface area contributed by atoms with E-state index < -0.39 is 0 Å². The minimum absolute atomic E-state index is 0.0544. The normalized spacial score (nSPS) is 14.0. The quantitative estimate of drug-likeness (QED) is 0.764. The van der Waals surface area contributed by atoms with Gasteiger partial charge in [0.15, 0.2) is 0 Å². The van der Waals surface area contributed by atoms with Crippen LogP contribution in [-0.2, 0) is 9.59 Å². The van der Waals surface area contributed by atoms with Gasteiger partial charge >= 0.3 is 0 Å². The molecule has 1 rings (SSSR count). The lowest BCUT2D eigenvalue weighted by Gasteiger charge is -2.13. The highest BCUT2D eigenvalue weighted by Gasteiger charge is 2.16. The molecule has 2 atom stereocenters. The van der Waals surface area contributed by atoms with Gasteiger partial charge in [-0.2, -0.15) is 0 Å². The van der Waals surface area contributed by atoms with Crippen molar-refractivity contribution in [3.8, 4) is 0 Å². The Morgan fingerprint density at radius 1 is 0.833 bits per heavy atom. The molecule has 0 fully saturated rings. The molecule has 18 heavy (non-hydrogen) atoms. The van der Waals surface area contributed by atoms with Gasteiger partial charge in [-0.3, -0.25) is 9.59 Å². The highest BCUT2D eigenvalue weighted by Crippen LogP contribution is 2.22. The number of benzene rings is 1. The minimum atomic E-state index is -0.0544. The monoisotopic (exact) mass is 246 g/mol. The number of Topliss-reactive ketones (excluding diaryl/α,β-unsaturated/α-hetero) is 2. The standard InChI is InChI=1S/C16H22O2/c1-5-15(17)11(3)13-7-9-14(10-8-13)12(4)16(18)6-2/h7-12H,5-6H2,1-4H3. The lowest BCUT2D eigenvalue weighted by molar-refractivity contribution is -0.120. The smallest absolute Gasteiger partial charge is 0.139 e. The summed E-state index contributed by atoms with van der Waals surface area (Å²) in [6, 6.07) is 7.86. The number of carbonyl (C=O) groups excluding carboxylic acids is 2. The van der Waals surface area contributed by atoms with Crippen molar-refractivity contribution in [2.45, 2.75) is 52.4 Å². The maximum absolute atomic E-state index is 11.6. The Morgan fingerprint density at radius 3 is 1.33 bits per heavy atom. The summed E-state index contributed by atoms with van der Waals surface area (Å²) in [5.74, 6) is 0.392. The van der Waals surface area contributed by atoms with E-state index in [4.69, 9.17) is 0 Å². The third-order valence-corrected chi connectivity index (χ3v) is 3.60. The first-order valence-corrected chi connectivity index (χ1v) is 6.66. The number of hydrogen-bond acceptors (Lipinski definition) is 2. The van der Waals surface area contributed by atoms with Crippen molar-refractivity contribution in [3.05, 3.63) is 35.4 Å². The maximum atomic E-state index is 11.6. The third kappa shape index (κ3) is 3.28. The molecular weight excluding hydrogens is 224 g/mol. The Bertz CT molecular complexity index is 376. The van der Waals surface area contributed by atoms with Crippen molar-refractivity contribution < 1.29 is 9.59 Å². The van der Waals surface area contributed by atoms with Crippen LogP contribution >= 0.6 is 0 Å². The van der Waals surface area contributed by atoms with Gasteiger partial charge in [-0.1, -0.05) is 52.0 Å². The molecule has 0 aromatic heterocycles. The highest BCUT2D eigenvalue weighted by atomic mass is 16.1. The van der Waals surface area contributed by atoms with Gasteiger partial charge in [-0.25, -0.2) is 0 Å². The van der Waals surface area contributed by atoms with Crippen LogP contribution < -0.4 is 0 Å². The van der Waals surface area contributed by atoms with Crippen LogP contribution in [0.3, 0.4) is 0 Å². The molecule has 0 amide bonds. The molecule has 0 aliphatic heterocycles. The van der Waals surface area contributed by atoms with Crippen LogP contribution in [-0.4, -0.2) is 11.6 Å². The molecule has 0 heterocycles. The second-order valence-corrected chi connectivity index (χ2v) is 4.75. The second-order valence-electron chi connectivity index (χ2n) is 4.75. The molecule has 0 bridgehead atoms. The van der Waals surface area contributed by atoms with Crippen LogP contribution in [0.15, 0.2) is 24.3 Å². The second kappa shape index (κ2) is 6.48. The molecule has 0 aliphatic rings. The van der Waals surface area contributed by atoms with Gasteiger partial charge in [0.25, 0.3) is 0 Å². The summed E-state index contributed by atoms with van der Waals surface area (Å²) in [6.07, 6.45) is 1.13. The first kappa shape index (κ1) is 14.6. The predicted octanol–water partition coefficient (Wildman–Crippen LogP) is 3.85. The van der Waals surface area contributed by atoms with Gasteiger partial charge < -0.3 is 0 Å². The van der Waals surface area contributed by atoms with E-state index in [2.05, 4.69) is 0 Å². The molecule has 2 heteroatoms. The Labute approximate surface area is 109 Å². The Balaban J connectivity index is 2.86. The Morgan fingerprint density at radius 2 is 1.11 bits per heavy atom. The number of ketones is 2. The van der Waals surface area contributed by atoms with Crippen LogP contribution in [0.2, 0.25) is 0 Å². The molecule has 2 unspecified atom stereocenters. The topological polar surface area (TPSA) is 34.1 Å². The zero-order valence-corrected chi connectivity index (χ0v) is 11.7. The van der Waals surface area contributed by atoms with Crippen LogP contribution in [0.25, 0.3) is 0 Å². The summed E-state index contributed by atoms with van der Waals surface area (Å²) < 4.78 is 0. The van der Waals surface area contributed by atoms with E-state index in [0.717, 1.165) is 11.1 Å². The van der Waals surface area contributed by atoms with Gasteiger partial charge in [-0.05, 0) is 11.1 Å². The molecule has 2 nitrogen and oxygen atoms in total. The predicted molar refractivity (Wildman–Crippen MR) is 73.9 cm³/mol. The zero-order valence-electron chi connectivity index (χ0n) is 11.7. The largest absolute Gasteiger partial charge is 0.299 e. The van der Waals surface area contributed by atoms with Crippen molar-refractivity contribution in [1.82, 2.24) is 0 Å².